The number of alkyl halides is 2. The number of nitrogens with zero attached hydrogens (tertiary/aromatic N) is 5. The fraction of sp³-hybridized carbons (Fsp3) is 0.536. The number of aromatic nitrogens is 4. The number of aliphatic hydroxyl groups is 1. The molecule has 1 spiro atoms. The van der Waals surface area contributed by atoms with Crippen LogP contribution in [0.15, 0.2) is 22.8 Å². The molecule has 3 heterocycles. The van der Waals surface area contributed by atoms with Crippen LogP contribution >= 0.6 is 27.5 Å². The first-order valence-corrected chi connectivity index (χ1v) is 14.7. The Bertz CT molecular complexity index is 1410. The van der Waals surface area contributed by atoms with Crippen LogP contribution in [0.25, 0.3) is 22.8 Å². The molecule has 1 atom stereocenters. The van der Waals surface area contributed by atoms with Crippen molar-refractivity contribution in [3.63, 3.8) is 0 Å². The summed E-state index contributed by atoms with van der Waals surface area (Å²) in [6, 6.07) is 5.27. The summed E-state index contributed by atoms with van der Waals surface area (Å²) in [6.45, 7) is 5.51. The molecule has 1 aliphatic carbocycles. The van der Waals surface area contributed by atoms with Gasteiger partial charge in [0, 0.05) is 48.8 Å². The Morgan fingerprint density at radius 2 is 1.93 bits per heavy atom. The highest BCUT2D eigenvalue weighted by Gasteiger charge is 2.53. The third kappa shape index (κ3) is 6.22. The standard InChI is InChI=1S/C28H34BrClF2N6O3/c1-15-23(24-16(2)25(29)36-37(24)4)34-26(20-7-18(5-6-21(20)30)40-11-17(39)10-33-3)35-27(15)38-13-28(14-38)8-19(9-28)41-12-22(31)32/h5-7,17,19,22,33,39H,8-14H2,1-4H3/t17-/m1/s1. The van der Waals surface area contributed by atoms with Crippen molar-refractivity contribution in [1.82, 2.24) is 25.1 Å². The van der Waals surface area contributed by atoms with E-state index in [1.54, 1.807) is 29.9 Å². The summed E-state index contributed by atoms with van der Waals surface area (Å²) in [6.07, 6.45) is -1.71. The van der Waals surface area contributed by atoms with Gasteiger partial charge in [-0.1, -0.05) is 11.6 Å². The molecule has 0 bridgehead atoms. The number of hydrogen-bond donors (Lipinski definition) is 2. The third-order valence-electron chi connectivity index (χ3n) is 7.76. The molecule has 9 nitrogen and oxygen atoms in total. The molecule has 3 aromatic rings. The normalized spacial score (nSPS) is 17.2. The van der Waals surface area contributed by atoms with E-state index in [2.05, 4.69) is 31.2 Å². The van der Waals surface area contributed by atoms with Crippen LogP contribution in [0.4, 0.5) is 14.6 Å². The molecule has 0 radical (unpaired) electrons. The second-order valence-electron chi connectivity index (χ2n) is 11.0. The largest absolute Gasteiger partial charge is 0.491 e. The lowest BCUT2D eigenvalue weighted by Crippen LogP contribution is -2.64. The van der Waals surface area contributed by atoms with Crippen LogP contribution in [0.3, 0.4) is 0 Å². The Morgan fingerprint density at radius 1 is 1.20 bits per heavy atom. The van der Waals surface area contributed by atoms with Crippen molar-refractivity contribution in [3.05, 3.63) is 39.0 Å². The van der Waals surface area contributed by atoms with Crippen molar-refractivity contribution in [2.45, 2.75) is 45.3 Å². The van der Waals surface area contributed by atoms with Crippen molar-refractivity contribution in [2.75, 3.05) is 44.8 Å². The lowest BCUT2D eigenvalue weighted by atomic mass is 9.61. The van der Waals surface area contributed by atoms with Crippen LogP contribution in [0.2, 0.25) is 5.02 Å². The minimum atomic E-state index is -2.45. The predicted octanol–water partition coefficient (Wildman–Crippen LogP) is 4.79. The molecule has 13 heteroatoms. The van der Waals surface area contributed by atoms with E-state index in [9.17, 15) is 13.9 Å². The minimum Gasteiger partial charge on any atom is -0.491 e. The summed E-state index contributed by atoms with van der Waals surface area (Å²) in [5.41, 5.74) is 4.11. The molecular weight excluding hydrogens is 622 g/mol. The van der Waals surface area contributed by atoms with E-state index in [-0.39, 0.29) is 18.1 Å². The summed E-state index contributed by atoms with van der Waals surface area (Å²) in [7, 11) is 3.64. The first-order valence-electron chi connectivity index (χ1n) is 13.5. The summed E-state index contributed by atoms with van der Waals surface area (Å²) in [5.74, 6) is 1.77. The highest BCUT2D eigenvalue weighted by molar-refractivity contribution is 9.10. The Morgan fingerprint density at radius 3 is 2.56 bits per heavy atom. The number of benzene rings is 1. The second kappa shape index (κ2) is 12.1. The van der Waals surface area contributed by atoms with Gasteiger partial charge < -0.3 is 24.8 Å². The van der Waals surface area contributed by atoms with Gasteiger partial charge in [-0.15, -0.1) is 0 Å². The highest BCUT2D eigenvalue weighted by Crippen LogP contribution is 2.51. The van der Waals surface area contributed by atoms with E-state index in [4.69, 9.17) is 31.0 Å². The highest BCUT2D eigenvalue weighted by atomic mass is 79.9. The van der Waals surface area contributed by atoms with Gasteiger partial charge in [-0.25, -0.2) is 18.7 Å². The molecular formula is C28H34BrClF2N6O3. The van der Waals surface area contributed by atoms with Crippen LogP contribution in [-0.4, -0.2) is 83.4 Å². The van der Waals surface area contributed by atoms with Gasteiger partial charge in [0.15, 0.2) is 5.82 Å². The van der Waals surface area contributed by atoms with Gasteiger partial charge in [-0.05, 0) is 67.9 Å². The van der Waals surface area contributed by atoms with Crippen molar-refractivity contribution in [2.24, 2.45) is 12.5 Å². The van der Waals surface area contributed by atoms with Gasteiger partial charge >= 0.3 is 0 Å². The Balaban J connectivity index is 1.47. The van der Waals surface area contributed by atoms with E-state index in [1.165, 1.54) is 0 Å². The number of ether oxygens (including phenoxy) is 2. The first-order chi connectivity index (χ1) is 19.5. The Kier molecular flexibility index (Phi) is 8.87. The molecule has 1 saturated carbocycles. The molecule has 222 valence electrons. The number of aliphatic hydroxyl groups excluding tert-OH is 1. The van der Waals surface area contributed by atoms with Gasteiger partial charge in [0.1, 0.15) is 35.5 Å². The van der Waals surface area contributed by atoms with Crippen LogP contribution in [0, 0.1) is 19.3 Å². The zero-order valence-corrected chi connectivity index (χ0v) is 25.8. The van der Waals surface area contributed by atoms with Crippen molar-refractivity contribution in [1.29, 1.82) is 0 Å². The molecule has 2 fully saturated rings. The van der Waals surface area contributed by atoms with Crippen LogP contribution < -0.4 is 15.0 Å². The molecule has 2 aliphatic rings. The van der Waals surface area contributed by atoms with E-state index in [0.29, 0.717) is 28.7 Å². The molecule has 1 aromatic carbocycles. The number of aryl methyl sites for hydroxylation is 1. The lowest BCUT2D eigenvalue weighted by Gasteiger charge is -2.59. The molecule has 1 aliphatic heterocycles. The number of likely N-dealkylation sites (N-methyl/N-ethyl adjacent to an activating group) is 1. The third-order valence-corrected chi connectivity index (χ3v) is 8.85. The zero-order chi connectivity index (χ0) is 29.5. The van der Waals surface area contributed by atoms with E-state index >= 15 is 0 Å². The van der Waals surface area contributed by atoms with Gasteiger partial charge in [-0.2, -0.15) is 5.10 Å². The maximum absolute atomic E-state index is 12.6. The van der Waals surface area contributed by atoms with Gasteiger partial charge in [-0.3, -0.25) is 4.68 Å². The van der Waals surface area contributed by atoms with Crippen LogP contribution in [0.1, 0.15) is 24.0 Å². The molecule has 5 rings (SSSR count). The predicted molar refractivity (Wildman–Crippen MR) is 157 cm³/mol. The first kappa shape index (κ1) is 30.1. The average molecular weight is 656 g/mol. The van der Waals surface area contributed by atoms with Crippen molar-refractivity contribution >= 4 is 33.3 Å². The minimum absolute atomic E-state index is 0.0512. The molecule has 41 heavy (non-hydrogen) atoms. The fourth-order valence-electron chi connectivity index (χ4n) is 5.75. The second-order valence-corrected chi connectivity index (χ2v) is 12.2. The van der Waals surface area contributed by atoms with Crippen molar-refractivity contribution < 1.29 is 23.4 Å². The Hall–Kier alpha value is -2.38. The summed E-state index contributed by atoms with van der Waals surface area (Å²) in [5, 5.41) is 18.0. The maximum atomic E-state index is 12.6. The molecule has 2 aromatic heterocycles. The van der Waals surface area contributed by atoms with Gasteiger partial charge in [0.25, 0.3) is 6.43 Å². The monoisotopic (exact) mass is 654 g/mol. The van der Waals surface area contributed by atoms with Crippen molar-refractivity contribution in [3.8, 4) is 28.5 Å². The molecule has 2 N–H and O–H groups in total. The maximum Gasteiger partial charge on any atom is 0.261 e. The molecule has 1 saturated heterocycles. The lowest BCUT2D eigenvalue weighted by molar-refractivity contribution is -0.117. The number of nitrogens with one attached hydrogen (secondary N) is 1. The topological polar surface area (TPSA) is 97.6 Å². The quantitative estimate of drug-likeness (QED) is 0.305. The number of anilines is 1. The van der Waals surface area contributed by atoms with E-state index < -0.39 is 19.1 Å². The van der Waals surface area contributed by atoms with Crippen LogP contribution in [-0.2, 0) is 11.8 Å². The SMILES string of the molecule is CNC[C@@H](O)COc1ccc(Cl)c(-c2nc(-c3c(C)c(Br)nn3C)c(C)c(N3CC4(CC(OCC(F)F)C4)C3)n2)c1. The van der Waals surface area contributed by atoms with Gasteiger partial charge in [0.05, 0.1) is 22.5 Å². The fourth-order valence-corrected chi connectivity index (χ4v) is 6.38. The summed E-state index contributed by atoms with van der Waals surface area (Å²) in [4.78, 5) is 12.2. The Labute approximate surface area is 251 Å². The summed E-state index contributed by atoms with van der Waals surface area (Å²) < 4.78 is 38.8. The molecule has 0 amide bonds. The average Bonchev–Trinajstić information content (AvgIpc) is 3.13. The number of halogens is 4. The van der Waals surface area contributed by atoms with E-state index in [1.807, 2.05) is 20.9 Å². The molecule has 0 unspecified atom stereocenters. The zero-order valence-electron chi connectivity index (χ0n) is 23.4. The van der Waals surface area contributed by atoms with E-state index in [0.717, 1.165) is 58.9 Å². The number of rotatable bonds is 11. The van der Waals surface area contributed by atoms with Crippen LogP contribution in [0.5, 0.6) is 5.75 Å². The summed E-state index contributed by atoms with van der Waals surface area (Å²) >= 11 is 10.2. The number of hydrogen-bond acceptors (Lipinski definition) is 8. The van der Waals surface area contributed by atoms with Gasteiger partial charge in [0.2, 0.25) is 0 Å². The smallest absolute Gasteiger partial charge is 0.261 e.